The first-order valence-electron chi connectivity index (χ1n) is 10.3. The molecule has 1 heterocycles. The highest BCUT2D eigenvalue weighted by Crippen LogP contribution is 2.50. The Kier molecular flexibility index (Phi) is 6.09. The quantitative estimate of drug-likeness (QED) is 0.496. The Morgan fingerprint density at radius 3 is 2.70 bits per heavy atom. The fraction of sp³-hybridized carbons (Fsp3) is 0.261. The van der Waals surface area contributed by atoms with E-state index in [4.69, 9.17) is 13.8 Å². The molecule has 0 spiro atoms. The molecule has 170 valence electrons. The number of nitrogens with zero attached hydrogens (tertiary/aromatic N) is 4. The van der Waals surface area contributed by atoms with Gasteiger partial charge in [-0.3, -0.25) is 0 Å². The highest BCUT2D eigenvalue weighted by Gasteiger charge is 2.30. The monoisotopic (exact) mass is 466 g/mol. The molecule has 0 saturated carbocycles. The van der Waals surface area contributed by atoms with Gasteiger partial charge in [0, 0.05) is 16.7 Å². The Balaban J connectivity index is 1.64. The van der Waals surface area contributed by atoms with Gasteiger partial charge in [0.05, 0.1) is 11.7 Å². The van der Waals surface area contributed by atoms with Gasteiger partial charge in [0.15, 0.2) is 0 Å². The Morgan fingerprint density at radius 2 is 2.00 bits per heavy atom. The van der Waals surface area contributed by atoms with Gasteiger partial charge in [-0.15, -0.1) is 0 Å². The molecule has 0 radical (unpaired) electrons. The summed E-state index contributed by atoms with van der Waals surface area (Å²) in [6.45, 7) is 3.78. The minimum absolute atomic E-state index is 0.0573. The Hall–Kier alpha value is -3.44. The Labute approximate surface area is 191 Å². The van der Waals surface area contributed by atoms with Crippen LogP contribution in [-0.2, 0) is 15.5 Å². The second kappa shape index (κ2) is 8.83. The third-order valence-electron chi connectivity index (χ3n) is 5.03. The molecule has 3 aromatic rings. The van der Waals surface area contributed by atoms with Gasteiger partial charge in [-0.25, -0.2) is 9.24 Å². The molecular weight excluding hydrogens is 443 g/mol. The zero-order chi connectivity index (χ0) is 23.8. The van der Waals surface area contributed by atoms with Crippen molar-refractivity contribution in [3.8, 4) is 34.7 Å². The summed E-state index contributed by atoms with van der Waals surface area (Å²) in [5.74, 6) is 1.48. The maximum atomic E-state index is 12.3. The highest BCUT2D eigenvalue weighted by atomic mass is 31.2. The zero-order valence-electron chi connectivity index (χ0n) is 18.6. The normalized spacial score (nSPS) is 14.5. The third kappa shape index (κ3) is 4.55. The van der Waals surface area contributed by atoms with Crippen molar-refractivity contribution < 1.29 is 23.2 Å². The van der Waals surface area contributed by atoms with Gasteiger partial charge in [-0.1, -0.05) is 23.4 Å². The fourth-order valence-corrected chi connectivity index (χ4v) is 4.00. The van der Waals surface area contributed by atoms with E-state index in [9.17, 15) is 14.7 Å². The summed E-state index contributed by atoms with van der Waals surface area (Å²) < 4.78 is 30.0. The predicted molar refractivity (Wildman–Crippen MR) is 122 cm³/mol. The first-order valence-corrected chi connectivity index (χ1v) is 11.8. The van der Waals surface area contributed by atoms with E-state index in [2.05, 4.69) is 16.2 Å². The molecule has 1 unspecified atom stereocenters. The number of rotatable bonds is 7. The van der Waals surface area contributed by atoms with E-state index in [1.165, 1.54) is 14.1 Å². The largest absolute Gasteiger partial charge is 0.490 e. The summed E-state index contributed by atoms with van der Waals surface area (Å²) in [6, 6.07) is 12.7. The Morgan fingerprint density at radius 1 is 1.24 bits per heavy atom. The molecule has 1 aromatic heterocycles. The summed E-state index contributed by atoms with van der Waals surface area (Å²) in [4.78, 5) is 14.6. The number of ether oxygens (including phenoxy) is 1. The van der Waals surface area contributed by atoms with Gasteiger partial charge in [0.25, 0.3) is 5.89 Å². The number of benzene rings is 2. The van der Waals surface area contributed by atoms with Crippen molar-refractivity contribution in [2.45, 2.75) is 26.4 Å². The average Bonchev–Trinajstić information content (AvgIpc) is 3.41. The van der Waals surface area contributed by atoms with Crippen molar-refractivity contribution in [2.24, 2.45) is 0 Å². The minimum atomic E-state index is -3.93. The SMILES string of the molecule is CC(C)Oc1ccc(-c2nc(-c3cccc4c3CC=C4OP(=O)(O)N(C)C)no2)cc1C#N. The van der Waals surface area contributed by atoms with Crippen LogP contribution >= 0.6 is 7.75 Å². The van der Waals surface area contributed by atoms with Crippen LogP contribution in [-0.4, -0.2) is 39.9 Å². The molecule has 1 aliphatic carbocycles. The summed E-state index contributed by atoms with van der Waals surface area (Å²) in [7, 11) is -0.975. The van der Waals surface area contributed by atoms with Gasteiger partial charge >= 0.3 is 7.75 Å². The highest BCUT2D eigenvalue weighted by molar-refractivity contribution is 7.50. The smallest absolute Gasteiger partial charge is 0.458 e. The van der Waals surface area contributed by atoms with Crippen molar-refractivity contribution >= 4 is 13.5 Å². The number of aromatic nitrogens is 2. The number of hydrogen-bond acceptors (Lipinski definition) is 7. The lowest BCUT2D eigenvalue weighted by atomic mass is 10.0. The molecule has 0 aliphatic heterocycles. The molecule has 1 aliphatic rings. The molecular formula is C23H23N4O5P. The lowest BCUT2D eigenvalue weighted by Crippen LogP contribution is -2.09. The molecule has 33 heavy (non-hydrogen) atoms. The number of hydrogen-bond donors (Lipinski definition) is 1. The van der Waals surface area contributed by atoms with Gasteiger partial charge in [-0.2, -0.15) is 10.2 Å². The van der Waals surface area contributed by atoms with Crippen molar-refractivity contribution in [2.75, 3.05) is 14.1 Å². The summed E-state index contributed by atoms with van der Waals surface area (Å²) in [5.41, 5.74) is 3.29. The van der Waals surface area contributed by atoms with Crippen LogP contribution in [0, 0.1) is 11.3 Å². The molecule has 4 rings (SSSR count). The van der Waals surface area contributed by atoms with Gasteiger partial charge in [0.2, 0.25) is 5.82 Å². The third-order valence-corrected chi connectivity index (χ3v) is 6.48. The van der Waals surface area contributed by atoms with Crippen molar-refractivity contribution in [3.63, 3.8) is 0 Å². The molecule has 10 heteroatoms. The lowest BCUT2D eigenvalue weighted by Gasteiger charge is -2.19. The minimum Gasteiger partial charge on any atom is -0.490 e. The Bertz CT molecular complexity index is 1320. The fourth-order valence-electron chi connectivity index (χ4n) is 3.41. The lowest BCUT2D eigenvalue weighted by molar-refractivity contribution is 0.241. The molecule has 0 amide bonds. The molecule has 0 bridgehead atoms. The van der Waals surface area contributed by atoms with E-state index in [0.717, 1.165) is 15.8 Å². The van der Waals surface area contributed by atoms with E-state index >= 15 is 0 Å². The summed E-state index contributed by atoms with van der Waals surface area (Å²) in [6.07, 6.45) is 2.20. The van der Waals surface area contributed by atoms with E-state index < -0.39 is 7.75 Å². The number of fused-ring (bicyclic) bond motifs is 1. The molecule has 2 aromatic carbocycles. The standard InChI is InChI=1S/C23H23N4O5P/c1-14(2)30-20-10-8-15(12-16(20)13-24)23-25-22(26-31-23)19-7-5-6-18-17(19)9-11-21(18)32-33(28,29)27(3)4/h5-8,10-12,14H,9H2,1-4H3,(H,28,29). The maximum Gasteiger partial charge on any atom is 0.458 e. The van der Waals surface area contributed by atoms with E-state index in [-0.39, 0.29) is 12.0 Å². The molecule has 0 saturated heterocycles. The van der Waals surface area contributed by atoms with E-state index in [0.29, 0.717) is 40.4 Å². The molecule has 1 N–H and O–H groups in total. The van der Waals surface area contributed by atoms with Crippen molar-refractivity contribution in [1.82, 2.24) is 14.8 Å². The zero-order valence-corrected chi connectivity index (χ0v) is 19.5. The van der Waals surface area contributed by atoms with Crippen molar-refractivity contribution in [1.29, 1.82) is 5.26 Å². The predicted octanol–water partition coefficient (Wildman–Crippen LogP) is 4.64. The second-order valence-electron chi connectivity index (χ2n) is 7.95. The van der Waals surface area contributed by atoms with E-state index in [1.807, 2.05) is 26.0 Å². The topological polar surface area (TPSA) is 122 Å². The van der Waals surface area contributed by atoms with Crippen LogP contribution in [0.1, 0.15) is 30.5 Å². The number of nitriles is 1. The van der Waals surface area contributed by atoms with E-state index in [1.54, 1.807) is 30.3 Å². The van der Waals surface area contributed by atoms with Crippen LogP contribution in [0.25, 0.3) is 28.6 Å². The van der Waals surface area contributed by atoms with Crippen LogP contribution < -0.4 is 4.74 Å². The first-order chi connectivity index (χ1) is 15.7. The van der Waals surface area contributed by atoms with Crippen LogP contribution in [0.5, 0.6) is 5.75 Å². The summed E-state index contributed by atoms with van der Waals surface area (Å²) in [5, 5.41) is 13.6. The maximum absolute atomic E-state index is 12.3. The molecule has 0 fully saturated rings. The van der Waals surface area contributed by atoms with Crippen LogP contribution in [0.3, 0.4) is 0 Å². The van der Waals surface area contributed by atoms with Crippen molar-refractivity contribution in [3.05, 3.63) is 59.2 Å². The van der Waals surface area contributed by atoms with Gasteiger partial charge in [-0.05, 0) is 64.2 Å². The van der Waals surface area contributed by atoms with Crippen LogP contribution in [0.2, 0.25) is 0 Å². The van der Waals surface area contributed by atoms with Gasteiger partial charge in [0.1, 0.15) is 17.6 Å². The van der Waals surface area contributed by atoms with Crippen LogP contribution in [0.4, 0.5) is 0 Å². The summed E-state index contributed by atoms with van der Waals surface area (Å²) >= 11 is 0. The number of allylic oxidation sites excluding steroid dienone is 1. The second-order valence-corrected chi connectivity index (χ2v) is 9.91. The molecule has 1 atom stereocenters. The first kappa shape index (κ1) is 22.7. The molecule has 9 nitrogen and oxygen atoms in total. The van der Waals surface area contributed by atoms with Crippen LogP contribution in [0.15, 0.2) is 47.0 Å². The van der Waals surface area contributed by atoms with Gasteiger partial charge < -0.3 is 18.7 Å². The average molecular weight is 466 g/mol.